The van der Waals surface area contributed by atoms with Crippen molar-refractivity contribution in [3.8, 4) is 0 Å². The summed E-state index contributed by atoms with van der Waals surface area (Å²) in [4.78, 5) is 11.2. The number of halogens is 1. The van der Waals surface area contributed by atoms with Crippen LogP contribution in [0.5, 0.6) is 0 Å². The fraction of sp³-hybridized carbons (Fsp3) is 0.667. The lowest BCUT2D eigenvalue weighted by Gasteiger charge is -2.04. The van der Waals surface area contributed by atoms with Gasteiger partial charge >= 0.3 is 0 Å². The highest BCUT2D eigenvalue weighted by Crippen LogP contribution is 2.37. The first-order valence-electron chi connectivity index (χ1n) is 4.96. The fourth-order valence-electron chi connectivity index (χ4n) is 1.26. The molecule has 0 heterocycles. The van der Waals surface area contributed by atoms with Crippen molar-refractivity contribution < 1.29 is 17.6 Å². The number of carbonyl (C=O) groups is 1. The van der Waals surface area contributed by atoms with Crippen LogP contribution in [0.25, 0.3) is 0 Å². The van der Waals surface area contributed by atoms with E-state index in [-0.39, 0.29) is 12.5 Å². The Bertz CT molecular complexity index is 412. The highest BCUT2D eigenvalue weighted by molar-refractivity contribution is 7.89. The molecule has 0 unspecified atom stereocenters. The average Bonchev–Trinajstić information content (AvgIpc) is 2.96. The lowest BCUT2D eigenvalue weighted by atomic mass is 10.1. The summed E-state index contributed by atoms with van der Waals surface area (Å²) >= 11 is 0. The van der Waals surface area contributed by atoms with Gasteiger partial charge in [-0.1, -0.05) is 0 Å². The molecule has 1 saturated carbocycles. The third-order valence-corrected chi connectivity index (χ3v) is 3.18. The molecule has 1 aliphatic rings. The van der Waals surface area contributed by atoms with Crippen molar-refractivity contribution >= 4 is 15.9 Å². The smallest absolute Gasteiger partial charge is 0.280 e. The van der Waals surface area contributed by atoms with Crippen LogP contribution in [-0.2, 0) is 14.8 Å². The van der Waals surface area contributed by atoms with Gasteiger partial charge in [-0.05, 0) is 31.3 Å². The van der Waals surface area contributed by atoms with Crippen LogP contribution in [0.3, 0.4) is 0 Å². The molecule has 0 atom stereocenters. The number of sulfonamides is 1. The number of carbonyl (C=O) groups excluding carboxylic acids is 1. The average molecular weight is 250 g/mol. The summed E-state index contributed by atoms with van der Waals surface area (Å²) in [5, 5.41) is 6.90. The Morgan fingerprint density at radius 2 is 2.06 bits per heavy atom. The van der Waals surface area contributed by atoms with Gasteiger partial charge in [-0.3, -0.25) is 4.79 Å². The third kappa shape index (κ3) is 4.28. The highest BCUT2D eigenvalue weighted by Gasteiger charge is 2.27. The number of allylic oxidation sites excluding steroid dienone is 1. The van der Waals surface area contributed by atoms with E-state index in [1.165, 1.54) is 0 Å². The van der Waals surface area contributed by atoms with E-state index in [2.05, 4.69) is 5.32 Å². The van der Waals surface area contributed by atoms with Gasteiger partial charge in [-0.15, -0.1) is 0 Å². The second-order valence-corrected chi connectivity index (χ2v) is 5.63. The Morgan fingerprint density at radius 3 is 2.50 bits per heavy atom. The minimum absolute atomic E-state index is 0.170. The van der Waals surface area contributed by atoms with Gasteiger partial charge in [0.15, 0.2) is 5.83 Å². The second kappa shape index (κ2) is 4.92. The summed E-state index contributed by atoms with van der Waals surface area (Å²) in [6.07, 6.45) is 1.81. The van der Waals surface area contributed by atoms with Crippen LogP contribution in [0.2, 0.25) is 0 Å². The molecular weight excluding hydrogens is 235 g/mol. The van der Waals surface area contributed by atoms with E-state index in [0.29, 0.717) is 5.57 Å². The minimum atomic E-state index is -3.62. The Morgan fingerprint density at radius 1 is 1.50 bits per heavy atom. The molecule has 1 fully saturated rings. The predicted octanol–water partition coefficient (Wildman–Crippen LogP) is 0.0446. The van der Waals surface area contributed by atoms with Crippen LogP contribution < -0.4 is 10.5 Å². The molecule has 0 radical (unpaired) electrons. The summed E-state index contributed by atoms with van der Waals surface area (Å²) in [6, 6.07) is 0. The second-order valence-electron chi connectivity index (χ2n) is 3.89. The SMILES string of the molecule is C/C(=C(/F)C(=O)NCCS(N)(=O)=O)C1CC1. The maximum atomic E-state index is 13.4. The molecule has 1 rings (SSSR count). The van der Waals surface area contributed by atoms with Crippen LogP contribution in [0.1, 0.15) is 19.8 Å². The maximum Gasteiger partial charge on any atom is 0.280 e. The van der Waals surface area contributed by atoms with E-state index in [1.807, 2.05) is 0 Å². The first kappa shape index (κ1) is 13.1. The summed E-state index contributed by atoms with van der Waals surface area (Å²) in [6.45, 7) is 1.40. The van der Waals surface area contributed by atoms with Crippen LogP contribution in [0.4, 0.5) is 4.39 Å². The van der Waals surface area contributed by atoms with E-state index in [1.54, 1.807) is 6.92 Å². The van der Waals surface area contributed by atoms with Gasteiger partial charge in [0, 0.05) is 6.54 Å². The van der Waals surface area contributed by atoms with Crippen molar-refractivity contribution in [2.45, 2.75) is 19.8 Å². The maximum absolute atomic E-state index is 13.4. The molecule has 7 heteroatoms. The minimum Gasteiger partial charge on any atom is -0.349 e. The van der Waals surface area contributed by atoms with Crippen molar-refractivity contribution in [2.75, 3.05) is 12.3 Å². The van der Waals surface area contributed by atoms with Crippen LogP contribution in [-0.4, -0.2) is 26.6 Å². The molecule has 16 heavy (non-hydrogen) atoms. The van der Waals surface area contributed by atoms with Crippen molar-refractivity contribution in [1.82, 2.24) is 5.32 Å². The van der Waals surface area contributed by atoms with Gasteiger partial charge in [0.2, 0.25) is 10.0 Å². The molecule has 0 aliphatic heterocycles. The van der Waals surface area contributed by atoms with Gasteiger partial charge < -0.3 is 5.32 Å². The molecular formula is C9H15FN2O3S. The predicted molar refractivity (Wildman–Crippen MR) is 57.5 cm³/mol. The van der Waals surface area contributed by atoms with Gasteiger partial charge in [-0.25, -0.2) is 17.9 Å². The van der Waals surface area contributed by atoms with Crippen LogP contribution in [0.15, 0.2) is 11.4 Å². The molecule has 0 bridgehead atoms. The van der Waals surface area contributed by atoms with E-state index in [9.17, 15) is 17.6 Å². The van der Waals surface area contributed by atoms with Crippen molar-refractivity contribution in [3.63, 3.8) is 0 Å². The van der Waals surface area contributed by atoms with Crippen molar-refractivity contribution in [1.29, 1.82) is 0 Å². The summed E-state index contributed by atoms with van der Waals surface area (Å²) < 4.78 is 34.5. The normalized spacial score (nSPS) is 17.9. The lowest BCUT2D eigenvalue weighted by molar-refractivity contribution is -0.118. The van der Waals surface area contributed by atoms with E-state index in [4.69, 9.17) is 5.14 Å². The van der Waals surface area contributed by atoms with E-state index < -0.39 is 27.5 Å². The fourth-order valence-corrected chi connectivity index (χ4v) is 1.65. The zero-order valence-corrected chi connectivity index (χ0v) is 9.81. The number of nitrogens with one attached hydrogen (secondary N) is 1. The summed E-state index contributed by atoms with van der Waals surface area (Å²) in [5.41, 5.74) is 0.438. The number of hydrogen-bond donors (Lipinski definition) is 2. The van der Waals surface area contributed by atoms with Gasteiger partial charge in [0.1, 0.15) is 0 Å². The molecule has 5 nitrogen and oxygen atoms in total. The number of primary sulfonamides is 1. The highest BCUT2D eigenvalue weighted by atomic mass is 32.2. The number of amides is 1. The lowest BCUT2D eigenvalue weighted by Crippen LogP contribution is -2.32. The van der Waals surface area contributed by atoms with Gasteiger partial charge in [0.25, 0.3) is 5.91 Å². The zero-order valence-electron chi connectivity index (χ0n) is 8.99. The van der Waals surface area contributed by atoms with Gasteiger partial charge in [0.05, 0.1) is 5.75 Å². The molecule has 0 saturated heterocycles. The van der Waals surface area contributed by atoms with Crippen LogP contribution >= 0.6 is 0 Å². The first-order valence-corrected chi connectivity index (χ1v) is 6.67. The Labute approximate surface area is 93.9 Å². The molecule has 1 amide bonds. The number of nitrogens with two attached hydrogens (primary N) is 1. The monoisotopic (exact) mass is 250 g/mol. The Balaban J connectivity index is 2.43. The molecule has 1 aliphatic carbocycles. The quantitative estimate of drug-likeness (QED) is 0.675. The van der Waals surface area contributed by atoms with E-state index in [0.717, 1.165) is 12.8 Å². The topological polar surface area (TPSA) is 89.3 Å². The number of hydrogen-bond acceptors (Lipinski definition) is 3. The molecule has 0 aromatic heterocycles. The Hall–Kier alpha value is -0.950. The molecule has 0 aromatic rings. The van der Waals surface area contributed by atoms with Gasteiger partial charge in [-0.2, -0.15) is 0 Å². The van der Waals surface area contributed by atoms with Crippen molar-refractivity contribution in [2.24, 2.45) is 11.1 Å². The van der Waals surface area contributed by atoms with Crippen molar-refractivity contribution in [3.05, 3.63) is 11.4 Å². The zero-order chi connectivity index (χ0) is 12.3. The molecule has 0 spiro atoms. The number of rotatable bonds is 5. The summed E-state index contributed by atoms with van der Waals surface area (Å²) in [5.74, 6) is -1.90. The first-order chi connectivity index (χ1) is 7.31. The third-order valence-electron chi connectivity index (χ3n) is 2.41. The van der Waals surface area contributed by atoms with E-state index >= 15 is 0 Å². The molecule has 0 aromatic carbocycles. The molecule has 92 valence electrons. The Kier molecular flexibility index (Phi) is 4.03. The molecule has 3 N–H and O–H groups in total. The largest absolute Gasteiger partial charge is 0.349 e. The van der Waals surface area contributed by atoms with Crippen LogP contribution in [0, 0.1) is 5.92 Å². The summed E-state index contributed by atoms with van der Waals surface area (Å²) in [7, 11) is -3.62. The standard InChI is InChI=1S/C9H15FN2O3S/c1-6(7-2-3-7)8(10)9(13)12-4-5-16(11,14)15/h7H,2-5H2,1H3,(H,12,13)(H2,11,14,15)/b8-6-.